The van der Waals surface area contributed by atoms with Crippen molar-refractivity contribution in [2.24, 2.45) is 4.99 Å². The fourth-order valence-electron chi connectivity index (χ4n) is 1.95. The van der Waals surface area contributed by atoms with Crippen molar-refractivity contribution in [2.75, 3.05) is 7.11 Å². The number of rotatable bonds is 3. The minimum atomic E-state index is -0.488. The van der Waals surface area contributed by atoms with Crippen LogP contribution in [-0.4, -0.2) is 13.2 Å². The lowest BCUT2D eigenvalue weighted by Crippen LogP contribution is -2.06. The molecule has 1 aliphatic rings. The van der Waals surface area contributed by atoms with Gasteiger partial charge in [-0.05, 0) is 37.5 Å². The van der Waals surface area contributed by atoms with Gasteiger partial charge in [0.25, 0.3) is 0 Å². The van der Waals surface area contributed by atoms with Gasteiger partial charge in [0.2, 0.25) is 6.08 Å². The van der Waals surface area contributed by atoms with Crippen molar-refractivity contribution in [3.8, 4) is 5.75 Å². The number of nitrogens with zero attached hydrogens (tertiary/aromatic N) is 1. The molecule has 0 aliphatic heterocycles. The van der Waals surface area contributed by atoms with Crippen LogP contribution in [0.3, 0.4) is 0 Å². The first-order valence-corrected chi connectivity index (χ1v) is 5.44. The zero-order valence-electron chi connectivity index (χ0n) is 9.21. The zero-order valence-corrected chi connectivity index (χ0v) is 9.97. The molecule has 1 fully saturated rings. The standard InChI is InChI=1S/C12H12ClNO2/c1-8-5-9(13)11(10(6-8)16-2)12(3-4-12)14-7-15/h5-6H,3-4H2,1-2H3. The summed E-state index contributed by atoms with van der Waals surface area (Å²) >= 11 is 6.20. The summed E-state index contributed by atoms with van der Waals surface area (Å²) in [6.07, 6.45) is 3.26. The van der Waals surface area contributed by atoms with Crippen LogP contribution in [0.2, 0.25) is 5.02 Å². The number of halogens is 1. The van der Waals surface area contributed by atoms with E-state index >= 15 is 0 Å². The molecule has 1 aromatic carbocycles. The van der Waals surface area contributed by atoms with E-state index in [0.29, 0.717) is 10.8 Å². The van der Waals surface area contributed by atoms with Crippen molar-refractivity contribution in [3.63, 3.8) is 0 Å². The van der Waals surface area contributed by atoms with Crippen molar-refractivity contribution < 1.29 is 9.53 Å². The van der Waals surface area contributed by atoms with Gasteiger partial charge in [-0.3, -0.25) is 0 Å². The molecule has 16 heavy (non-hydrogen) atoms. The van der Waals surface area contributed by atoms with Gasteiger partial charge in [0.15, 0.2) is 0 Å². The maximum absolute atomic E-state index is 10.4. The van der Waals surface area contributed by atoms with Crippen molar-refractivity contribution >= 4 is 17.7 Å². The van der Waals surface area contributed by atoms with Crippen LogP contribution in [0.4, 0.5) is 0 Å². The second-order valence-corrected chi connectivity index (χ2v) is 4.47. The van der Waals surface area contributed by atoms with Crippen LogP contribution in [0.25, 0.3) is 0 Å². The van der Waals surface area contributed by atoms with E-state index in [1.807, 2.05) is 19.1 Å². The van der Waals surface area contributed by atoms with Gasteiger partial charge in [-0.25, -0.2) is 4.79 Å². The average molecular weight is 238 g/mol. The second kappa shape index (κ2) is 3.93. The van der Waals surface area contributed by atoms with Gasteiger partial charge in [-0.15, -0.1) is 0 Å². The van der Waals surface area contributed by atoms with Crippen molar-refractivity contribution in [2.45, 2.75) is 25.3 Å². The van der Waals surface area contributed by atoms with Crippen LogP contribution in [0.15, 0.2) is 17.1 Å². The minimum Gasteiger partial charge on any atom is -0.496 e. The molecule has 0 N–H and O–H groups in total. The largest absolute Gasteiger partial charge is 0.496 e. The molecule has 0 radical (unpaired) electrons. The summed E-state index contributed by atoms with van der Waals surface area (Å²) in [6, 6.07) is 3.77. The predicted molar refractivity (Wildman–Crippen MR) is 61.8 cm³/mol. The molecule has 0 amide bonds. The van der Waals surface area contributed by atoms with Crippen LogP contribution < -0.4 is 4.74 Å². The van der Waals surface area contributed by atoms with Gasteiger partial charge in [0.05, 0.1) is 12.1 Å². The Morgan fingerprint density at radius 2 is 2.19 bits per heavy atom. The quantitative estimate of drug-likeness (QED) is 0.599. The Balaban J connectivity index is 2.60. The average Bonchev–Trinajstić information content (AvgIpc) is 2.97. The third-order valence-electron chi connectivity index (χ3n) is 2.87. The summed E-state index contributed by atoms with van der Waals surface area (Å²) in [4.78, 5) is 14.3. The summed E-state index contributed by atoms with van der Waals surface area (Å²) in [5.41, 5.74) is 1.35. The number of benzene rings is 1. The fraction of sp³-hybridized carbons (Fsp3) is 0.417. The third kappa shape index (κ3) is 1.73. The number of methoxy groups -OCH3 is 1. The Kier molecular flexibility index (Phi) is 2.75. The maximum atomic E-state index is 10.4. The highest BCUT2D eigenvalue weighted by atomic mass is 35.5. The van der Waals surface area contributed by atoms with E-state index in [1.54, 1.807) is 13.2 Å². The van der Waals surface area contributed by atoms with Gasteiger partial charge >= 0.3 is 0 Å². The molecule has 1 aromatic rings. The van der Waals surface area contributed by atoms with Crippen LogP contribution in [-0.2, 0) is 10.3 Å². The van der Waals surface area contributed by atoms with Gasteiger partial charge in [-0.2, -0.15) is 4.99 Å². The summed E-state index contributed by atoms with van der Waals surface area (Å²) < 4.78 is 5.31. The molecule has 0 heterocycles. The molecule has 0 unspecified atom stereocenters. The van der Waals surface area contributed by atoms with Gasteiger partial charge in [0.1, 0.15) is 11.3 Å². The molecule has 0 spiro atoms. The maximum Gasteiger partial charge on any atom is 0.235 e. The van der Waals surface area contributed by atoms with E-state index in [2.05, 4.69) is 4.99 Å². The monoisotopic (exact) mass is 237 g/mol. The number of hydrogen-bond acceptors (Lipinski definition) is 3. The minimum absolute atomic E-state index is 0.488. The molecule has 84 valence electrons. The Bertz CT molecular complexity index is 474. The molecule has 0 atom stereocenters. The highest BCUT2D eigenvalue weighted by Gasteiger charge is 2.48. The Morgan fingerprint density at radius 1 is 1.50 bits per heavy atom. The van der Waals surface area contributed by atoms with Crippen molar-refractivity contribution in [1.29, 1.82) is 0 Å². The first-order valence-electron chi connectivity index (χ1n) is 5.06. The molecule has 0 aromatic heterocycles. The molecular formula is C12H12ClNO2. The zero-order chi connectivity index (χ0) is 11.8. The molecule has 1 aliphatic carbocycles. The highest BCUT2D eigenvalue weighted by Crippen LogP contribution is 2.54. The first-order chi connectivity index (χ1) is 7.63. The molecular weight excluding hydrogens is 226 g/mol. The summed E-state index contributed by atoms with van der Waals surface area (Å²) in [5, 5.41) is 0.605. The van der Waals surface area contributed by atoms with Crippen LogP contribution >= 0.6 is 11.6 Å². The van der Waals surface area contributed by atoms with E-state index in [0.717, 1.165) is 24.0 Å². The molecule has 4 heteroatoms. The number of ether oxygens (including phenoxy) is 1. The molecule has 0 saturated heterocycles. The molecule has 1 saturated carbocycles. The first kappa shape index (κ1) is 11.2. The third-order valence-corrected chi connectivity index (χ3v) is 3.17. The SMILES string of the molecule is COc1cc(C)cc(Cl)c1C1(N=C=O)CC1. The molecule has 3 nitrogen and oxygen atoms in total. The van der Waals surface area contributed by atoms with Crippen LogP contribution in [0.5, 0.6) is 5.75 Å². The summed E-state index contributed by atoms with van der Waals surface area (Å²) in [6.45, 7) is 1.95. The summed E-state index contributed by atoms with van der Waals surface area (Å²) in [7, 11) is 1.59. The lowest BCUT2D eigenvalue weighted by Gasteiger charge is -2.16. The van der Waals surface area contributed by atoms with Gasteiger partial charge < -0.3 is 4.74 Å². The van der Waals surface area contributed by atoms with E-state index in [4.69, 9.17) is 16.3 Å². The van der Waals surface area contributed by atoms with Crippen molar-refractivity contribution in [1.82, 2.24) is 0 Å². The van der Waals surface area contributed by atoms with E-state index in [9.17, 15) is 4.79 Å². The van der Waals surface area contributed by atoms with E-state index in [1.165, 1.54) is 0 Å². The number of isocyanates is 1. The van der Waals surface area contributed by atoms with Gasteiger partial charge in [0, 0.05) is 5.56 Å². The molecule has 0 bridgehead atoms. The van der Waals surface area contributed by atoms with Gasteiger partial charge in [-0.1, -0.05) is 11.6 Å². The van der Waals surface area contributed by atoms with E-state index in [-0.39, 0.29) is 0 Å². The smallest absolute Gasteiger partial charge is 0.235 e. The molecule has 2 rings (SSSR count). The fourth-order valence-corrected chi connectivity index (χ4v) is 2.39. The second-order valence-electron chi connectivity index (χ2n) is 4.06. The van der Waals surface area contributed by atoms with Crippen LogP contribution in [0, 0.1) is 6.92 Å². The summed E-state index contributed by atoms with van der Waals surface area (Å²) in [5.74, 6) is 0.696. The lowest BCUT2D eigenvalue weighted by atomic mass is 10.0. The topological polar surface area (TPSA) is 38.7 Å². The lowest BCUT2D eigenvalue weighted by molar-refractivity contribution is 0.404. The number of carbonyl (C=O) groups excluding carboxylic acids is 1. The van der Waals surface area contributed by atoms with Crippen molar-refractivity contribution in [3.05, 3.63) is 28.3 Å². The Morgan fingerprint density at radius 3 is 2.69 bits per heavy atom. The highest BCUT2D eigenvalue weighted by molar-refractivity contribution is 6.31. The normalized spacial score (nSPS) is 16.4. The number of aryl methyl sites for hydroxylation is 1. The van der Waals surface area contributed by atoms with Crippen LogP contribution in [0.1, 0.15) is 24.0 Å². The Labute approximate surface area is 99.1 Å². The number of hydrogen-bond donors (Lipinski definition) is 0. The Hall–Kier alpha value is -1.31. The predicted octanol–water partition coefficient (Wildman–Crippen LogP) is 2.98. The number of aliphatic imine (C=N–C) groups is 1. The van der Waals surface area contributed by atoms with E-state index < -0.39 is 5.54 Å².